The Labute approximate surface area is 107 Å². The molecule has 0 bridgehead atoms. The Hall–Kier alpha value is -1.91. The molecule has 5 nitrogen and oxygen atoms in total. The summed E-state index contributed by atoms with van der Waals surface area (Å²) in [5, 5.41) is 8.95. The number of nitrogen functional groups attached to an aromatic ring is 1. The van der Waals surface area contributed by atoms with E-state index in [1.54, 1.807) is 7.05 Å². The van der Waals surface area contributed by atoms with Gasteiger partial charge in [-0.05, 0) is 36.6 Å². The standard InChI is InChI=1S/C13H19N3O2/c1-15(13(17)18)9-10-8-11(14)4-5-12(10)16-6-2-3-7-16/h4-5,8H,2-3,6-7,9,14H2,1H3,(H,17,18). The first-order valence-corrected chi connectivity index (χ1v) is 6.15. The van der Waals surface area contributed by atoms with Gasteiger partial charge in [0, 0.05) is 31.5 Å². The molecule has 0 atom stereocenters. The average Bonchev–Trinajstić information content (AvgIpc) is 2.82. The number of amides is 1. The first-order chi connectivity index (χ1) is 8.58. The fourth-order valence-electron chi connectivity index (χ4n) is 2.32. The van der Waals surface area contributed by atoms with E-state index in [0.29, 0.717) is 12.2 Å². The number of carboxylic acid groups (broad SMARTS) is 1. The van der Waals surface area contributed by atoms with Crippen molar-refractivity contribution in [3.05, 3.63) is 23.8 Å². The molecule has 1 heterocycles. The molecule has 1 aliphatic heterocycles. The lowest BCUT2D eigenvalue weighted by atomic mass is 10.1. The molecular formula is C13H19N3O2. The third-order valence-corrected chi connectivity index (χ3v) is 3.28. The second-order valence-electron chi connectivity index (χ2n) is 4.72. The van der Waals surface area contributed by atoms with Crippen molar-refractivity contribution in [2.75, 3.05) is 30.8 Å². The number of hydrogen-bond acceptors (Lipinski definition) is 3. The van der Waals surface area contributed by atoms with E-state index in [1.807, 2.05) is 18.2 Å². The van der Waals surface area contributed by atoms with Crippen LogP contribution in [0.25, 0.3) is 0 Å². The van der Waals surface area contributed by atoms with Gasteiger partial charge in [-0.15, -0.1) is 0 Å². The molecule has 1 aromatic rings. The fraction of sp³-hybridized carbons (Fsp3) is 0.462. The molecule has 2 rings (SSSR count). The predicted molar refractivity (Wildman–Crippen MR) is 71.8 cm³/mol. The Morgan fingerprint density at radius 1 is 1.44 bits per heavy atom. The van der Waals surface area contributed by atoms with Crippen LogP contribution < -0.4 is 10.6 Å². The largest absolute Gasteiger partial charge is 0.465 e. The van der Waals surface area contributed by atoms with Crippen molar-refractivity contribution in [3.63, 3.8) is 0 Å². The zero-order valence-corrected chi connectivity index (χ0v) is 10.6. The van der Waals surface area contributed by atoms with Crippen LogP contribution in [0.1, 0.15) is 18.4 Å². The molecular weight excluding hydrogens is 230 g/mol. The van der Waals surface area contributed by atoms with Gasteiger partial charge in [-0.25, -0.2) is 4.79 Å². The van der Waals surface area contributed by atoms with Crippen molar-refractivity contribution in [3.8, 4) is 0 Å². The van der Waals surface area contributed by atoms with Crippen molar-refractivity contribution in [1.29, 1.82) is 0 Å². The first-order valence-electron chi connectivity index (χ1n) is 6.15. The number of nitrogens with two attached hydrogens (primary N) is 1. The molecule has 3 N–H and O–H groups in total. The van der Waals surface area contributed by atoms with Crippen LogP contribution in [0.15, 0.2) is 18.2 Å². The van der Waals surface area contributed by atoms with Gasteiger partial charge in [0.25, 0.3) is 0 Å². The predicted octanol–water partition coefficient (Wildman–Crippen LogP) is 1.98. The Morgan fingerprint density at radius 3 is 2.72 bits per heavy atom. The van der Waals surface area contributed by atoms with Gasteiger partial charge in [0.15, 0.2) is 0 Å². The Kier molecular flexibility index (Phi) is 3.60. The minimum absolute atomic E-state index is 0.367. The molecule has 0 unspecified atom stereocenters. The smallest absolute Gasteiger partial charge is 0.407 e. The number of carbonyl (C=O) groups is 1. The topological polar surface area (TPSA) is 69.8 Å². The van der Waals surface area contributed by atoms with Crippen molar-refractivity contribution in [2.45, 2.75) is 19.4 Å². The van der Waals surface area contributed by atoms with Crippen molar-refractivity contribution >= 4 is 17.5 Å². The van der Waals surface area contributed by atoms with E-state index in [9.17, 15) is 4.79 Å². The van der Waals surface area contributed by atoms with Crippen molar-refractivity contribution < 1.29 is 9.90 Å². The number of benzene rings is 1. The molecule has 0 aliphatic carbocycles. The van der Waals surface area contributed by atoms with Gasteiger partial charge >= 0.3 is 6.09 Å². The summed E-state index contributed by atoms with van der Waals surface area (Å²) in [7, 11) is 1.57. The minimum atomic E-state index is -0.926. The van der Waals surface area contributed by atoms with Crippen LogP contribution in [0, 0.1) is 0 Å². The lowest BCUT2D eigenvalue weighted by Gasteiger charge is -2.23. The highest BCUT2D eigenvalue weighted by Crippen LogP contribution is 2.27. The molecule has 1 saturated heterocycles. The van der Waals surface area contributed by atoms with E-state index >= 15 is 0 Å². The first kappa shape index (κ1) is 12.5. The molecule has 0 radical (unpaired) electrons. The van der Waals surface area contributed by atoms with Crippen LogP contribution in [0.2, 0.25) is 0 Å². The van der Waals surface area contributed by atoms with Crippen LogP contribution in [0.3, 0.4) is 0 Å². The van der Waals surface area contributed by atoms with E-state index in [4.69, 9.17) is 10.8 Å². The third kappa shape index (κ3) is 2.67. The fourth-order valence-corrected chi connectivity index (χ4v) is 2.32. The van der Waals surface area contributed by atoms with E-state index in [0.717, 1.165) is 24.3 Å². The Balaban J connectivity index is 2.25. The summed E-state index contributed by atoms with van der Waals surface area (Å²) in [6.07, 6.45) is 1.46. The summed E-state index contributed by atoms with van der Waals surface area (Å²) < 4.78 is 0. The molecule has 1 fully saturated rings. The van der Waals surface area contributed by atoms with Gasteiger partial charge in [0.2, 0.25) is 0 Å². The minimum Gasteiger partial charge on any atom is -0.465 e. The maximum Gasteiger partial charge on any atom is 0.407 e. The number of hydrogen-bond donors (Lipinski definition) is 2. The van der Waals surface area contributed by atoms with E-state index < -0.39 is 6.09 Å². The monoisotopic (exact) mass is 249 g/mol. The Morgan fingerprint density at radius 2 is 2.11 bits per heavy atom. The number of nitrogens with zero attached hydrogens (tertiary/aromatic N) is 2. The summed E-state index contributed by atoms with van der Waals surface area (Å²) in [6, 6.07) is 5.73. The van der Waals surface area contributed by atoms with Gasteiger partial charge in [0.05, 0.1) is 6.54 Å². The molecule has 1 aromatic carbocycles. The third-order valence-electron chi connectivity index (χ3n) is 3.28. The zero-order valence-electron chi connectivity index (χ0n) is 10.6. The van der Waals surface area contributed by atoms with Gasteiger partial charge in [-0.3, -0.25) is 0 Å². The summed E-state index contributed by atoms with van der Waals surface area (Å²) in [4.78, 5) is 14.5. The molecule has 1 aliphatic rings. The molecule has 0 aromatic heterocycles. The van der Waals surface area contributed by atoms with Gasteiger partial charge in [-0.1, -0.05) is 0 Å². The highest BCUT2D eigenvalue weighted by atomic mass is 16.4. The van der Waals surface area contributed by atoms with Gasteiger partial charge < -0.3 is 20.6 Å². The Bertz CT molecular complexity index is 442. The van der Waals surface area contributed by atoms with E-state index in [2.05, 4.69) is 4.90 Å². The van der Waals surface area contributed by atoms with Crippen LogP contribution in [-0.4, -0.2) is 36.2 Å². The maximum absolute atomic E-state index is 10.9. The quantitative estimate of drug-likeness (QED) is 0.804. The zero-order chi connectivity index (χ0) is 13.1. The lowest BCUT2D eigenvalue weighted by Crippen LogP contribution is -2.26. The van der Waals surface area contributed by atoms with E-state index in [1.165, 1.54) is 17.7 Å². The summed E-state index contributed by atoms with van der Waals surface area (Å²) >= 11 is 0. The summed E-state index contributed by atoms with van der Waals surface area (Å²) in [6.45, 7) is 2.44. The van der Waals surface area contributed by atoms with Gasteiger partial charge in [-0.2, -0.15) is 0 Å². The molecule has 98 valence electrons. The number of anilines is 2. The molecule has 0 spiro atoms. The van der Waals surface area contributed by atoms with Crippen molar-refractivity contribution in [2.24, 2.45) is 0 Å². The normalized spacial score (nSPS) is 14.8. The van der Waals surface area contributed by atoms with E-state index in [-0.39, 0.29) is 0 Å². The second kappa shape index (κ2) is 5.16. The highest BCUT2D eigenvalue weighted by Gasteiger charge is 2.17. The average molecular weight is 249 g/mol. The maximum atomic E-state index is 10.9. The molecule has 0 saturated carbocycles. The van der Waals surface area contributed by atoms with Gasteiger partial charge in [0.1, 0.15) is 0 Å². The van der Waals surface area contributed by atoms with Crippen molar-refractivity contribution in [1.82, 2.24) is 4.90 Å². The molecule has 5 heteroatoms. The van der Waals surface area contributed by atoms with Crippen LogP contribution >= 0.6 is 0 Å². The second-order valence-corrected chi connectivity index (χ2v) is 4.72. The highest BCUT2D eigenvalue weighted by molar-refractivity contribution is 5.66. The lowest BCUT2D eigenvalue weighted by molar-refractivity contribution is 0.154. The molecule has 18 heavy (non-hydrogen) atoms. The summed E-state index contributed by atoms with van der Waals surface area (Å²) in [5.41, 5.74) is 8.55. The SMILES string of the molecule is CN(Cc1cc(N)ccc1N1CCCC1)C(=O)O. The van der Waals surface area contributed by atoms with Crippen LogP contribution in [0.4, 0.5) is 16.2 Å². The van der Waals surface area contributed by atoms with Crippen LogP contribution in [-0.2, 0) is 6.54 Å². The van der Waals surface area contributed by atoms with Crippen LogP contribution in [0.5, 0.6) is 0 Å². The number of rotatable bonds is 3. The molecule has 1 amide bonds. The summed E-state index contributed by atoms with van der Waals surface area (Å²) in [5.74, 6) is 0.